The summed E-state index contributed by atoms with van der Waals surface area (Å²) < 4.78 is 9.09. The molecule has 0 saturated carbocycles. The fraction of sp³-hybridized carbons (Fsp3) is 0.538. The highest BCUT2D eigenvalue weighted by atomic mass is 16.5. The first-order chi connectivity index (χ1) is 9.11. The molecule has 0 radical (unpaired) electrons. The Labute approximate surface area is 112 Å². The van der Waals surface area contributed by atoms with Crippen LogP contribution in [0.2, 0.25) is 0 Å². The molecule has 6 heteroatoms. The molecule has 0 saturated heterocycles. The van der Waals surface area contributed by atoms with Crippen molar-refractivity contribution in [3.05, 3.63) is 17.5 Å². The van der Waals surface area contributed by atoms with Crippen LogP contribution in [-0.4, -0.2) is 33.2 Å². The minimum atomic E-state index is 0.298. The van der Waals surface area contributed by atoms with Crippen LogP contribution in [0.5, 0.6) is 5.88 Å². The lowest BCUT2D eigenvalue weighted by atomic mass is 9.98. The molecular weight excluding hydrogens is 242 g/mol. The molecule has 0 unspecified atom stereocenters. The van der Waals surface area contributed by atoms with Gasteiger partial charge in [0.2, 0.25) is 5.88 Å². The highest BCUT2D eigenvalue weighted by molar-refractivity contribution is 5.69. The summed E-state index contributed by atoms with van der Waals surface area (Å²) in [6.45, 7) is 3.13. The summed E-state index contributed by atoms with van der Waals surface area (Å²) in [5, 5.41) is 12.4. The third-order valence-electron chi connectivity index (χ3n) is 3.66. The molecule has 102 valence electrons. The first kappa shape index (κ1) is 12.2. The Morgan fingerprint density at radius 1 is 1.37 bits per heavy atom. The van der Waals surface area contributed by atoms with E-state index in [1.54, 1.807) is 11.8 Å². The first-order valence-electron chi connectivity index (χ1n) is 6.49. The lowest BCUT2D eigenvalue weighted by Gasteiger charge is -2.19. The normalized spacial score (nSPS) is 18.4. The zero-order valence-corrected chi connectivity index (χ0v) is 11.8. The van der Waals surface area contributed by atoms with Crippen LogP contribution in [-0.2, 0) is 20.5 Å². The van der Waals surface area contributed by atoms with Gasteiger partial charge in [0.1, 0.15) is 0 Å². The SMILES string of the molecule is COc1nn(C)cc1-c1c2c(nn1C)[C@H](C)NCC2. The van der Waals surface area contributed by atoms with Crippen LogP contribution in [0.3, 0.4) is 0 Å². The molecule has 0 aliphatic carbocycles. The van der Waals surface area contributed by atoms with Crippen molar-refractivity contribution < 1.29 is 4.74 Å². The molecule has 0 spiro atoms. The van der Waals surface area contributed by atoms with Gasteiger partial charge in [-0.3, -0.25) is 9.36 Å². The summed E-state index contributed by atoms with van der Waals surface area (Å²) in [7, 11) is 5.53. The van der Waals surface area contributed by atoms with Crippen LogP contribution in [0.1, 0.15) is 24.2 Å². The largest absolute Gasteiger partial charge is 0.479 e. The summed E-state index contributed by atoms with van der Waals surface area (Å²) in [6, 6.07) is 0.298. The molecule has 2 aromatic rings. The van der Waals surface area contributed by atoms with Crippen LogP contribution < -0.4 is 10.1 Å². The topological polar surface area (TPSA) is 56.9 Å². The summed E-state index contributed by atoms with van der Waals surface area (Å²) in [5.41, 5.74) is 4.57. The number of hydrogen-bond donors (Lipinski definition) is 1. The van der Waals surface area contributed by atoms with Gasteiger partial charge in [-0.2, -0.15) is 5.10 Å². The highest BCUT2D eigenvalue weighted by Crippen LogP contribution is 2.35. The maximum atomic E-state index is 5.37. The maximum absolute atomic E-state index is 5.37. The van der Waals surface area contributed by atoms with Gasteiger partial charge in [-0.25, -0.2) is 0 Å². The predicted molar refractivity (Wildman–Crippen MR) is 72.1 cm³/mol. The molecule has 1 aliphatic rings. The van der Waals surface area contributed by atoms with Crippen molar-refractivity contribution in [3.63, 3.8) is 0 Å². The number of aryl methyl sites for hydroxylation is 2. The number of hydrogen-bond acceptors (Lipinski definition) is 4. The number of ether oxygens (including phenoxy) is 1. The molecule has 19 heavy (non-hydrogen) atoms. The van der Waals surface area contributed by atoms with Crippen LogP contribution in [0, 0.1) is 0 Å². The van der Waals surface area contributed by atoms with E-state index >= 15 is 0 Å². The second-order valence-electron chi connectivity index (χ2n) is 4.99. The van der Waals surface area contributed by atoms with Crippen LogP contribution in [0.15, 0.2) is 6.20 Å². The van der Waals surface area contributed by atoms with Crippen LogP contribution in [0.4, 0.5) is 0 Å². The fourth-order valence-corrected chi connectivity index (χ4v) is 2.81. The quantitative estimate of drug-likeness (QED) is 0.877. The van der Waals surface area contributed by atoms with E-state index in [1.807, 2.05) is 25.0 Å². The van der Waals surface area contributed by atoms with Crippen LogP contribution in [0.25, 0.3) is 11.3 Å². The lowest BCUT2D eigenvalue weighted by molar-refractivity contribution is 0.393. The predicted octanol–water partition coefficient (Wildman–Crippen LogP) is 1.04. The second kappa shape index (κ2) is 4.38. The average Bonchev–Trinajstić information content (AvgIpc) is 2.89. The zero-order chi connectivity index (χ0) is 13.6. The third kappa shape index (κ3) is 1.83. The lowest BCUT2D eigenvalue weighted by Crippen LogP contribution is -2.27. The van der Waals surface area contributed by atoms with E-state index in [1.165, 1.54) is 5.56 Å². The van der Waals surface area contributed by atoms with Crippen molar-refractivity contribution in [1.29, 1.82) is 0 Å². The van der Waals surface area contributed by atoms with Crippen LogP contribution >= 0.6 is 0 Å². The molecular formula is C13H19N5O. The fourth-order valence-electron chi connectivity index (χ4n) is 2.81. The Hall–Kier alpha value is -1.82. The molecule has 2 aromatic heterocycles. The number of aromatic nitrogens is 4. The number of nitrogens with one attached hydrogen (secondary N) is 1. The molecule has 1 aliphatic heterocycles. The van der Waals surface area contributed by atoms with E-state index in [-0.39, 0.29) is 0 Å². The van der Waals surface area contributed by atoms with Gasteiger partial charge >= 0.3 is 0 Å². The molecule has 1 N–H and O–H groups in total. The van der Waals surface area contributed by atoms with Gasteiger partial charge in [0.25, 0.3) is 0 Å². The highest BCUT2D eigenvalue weighted by Gasteiger charge is 2.27. The number of nitrogens with zero attached hydrogens (tertiary/aromatic N) is 4. The summed E-state index contributed by atoms with van der Waals surface area (Å²) in [5.74, 6) is 0.652. The minimum absolute atomic E-state index is 0.298. The maximum Gasteiger partial charge on any atom is 0.242 e. The van der Waals surface area contributed by atoms with Crippen molar-refractivity contribution >= 4 is 0 Å². The molecule has 1 atom stereocenters. The van der Waals surface area contributed by atoms with E-state index in [2.05, 4.69) is 22.4 Å². The van der Waals surface area contributed by atoms with Gasteiger partial charge in [0.05, 0.1) is 24.1 Å². The smallest absolute Gasteiger partial charge is 0.242 e. The first-order valence-corrected chi connectivity index (χ1v) is 6.49. The van der Waals surface area contributed by atoms with Gasteiger partial charge in [-0.05, 0) is 19.9 Å². The standard InChI is InChI=1S/C13H19N5O/c1-8-11-9(5-6-14-8)12(18(3)15-11)10-7-17(2)16-13(10)19-4/h7-8,14H,5-6H2,1-4H3/t8-/m0/s1. The van der Waals surface area contributed by atoms with E-state index in [9.17, 15) is 0 Å². The molecule has 3 rings (SSSR count). The summed E-state index contributed by atoms with van der Waals surface area (Å²) in [6.07, 6.45) is 2.98. The number of fused-ring (bicyclic) bond motifs is 1. The Kier molecular flexibility index (Phi) is 2.82. The number of rotatable bonds is 2. The van der Waals surface area contributed by atoms with Crippen molar-refractivity contribution in [2.45, 2.75) is 19.4 Å². The number of methoxy groups -OCH3 is 1. The van der Waals surface area contributed by atoms with Crippen molar-refractivity contribution in [1.82, 2.24) is 24.9 Å². The van der Waals surface area contributed by atoms with Gasteiger partial charge in [0.15, 0.2) is 0 Å². The molecule has 0 amide bonds. The molecule has 0 fully saturated rings. The van der Waals surface area contributed by atoms with Crippen molar-refractivity contribution in [2.24, 2.45) is 14.1 Å². The molecule has 0 aromatic carbocycles. The Morgan fingerprint density at radius 3 is 2.89 bits per heavy atom. The monoisotopic (exact) mass is 261 g/mol. The Bertz CT molecular complexity index is 613. The second-order valence-corrected chi connectivity index (χ2v) is 4.99. The Balaban J connectivity index is 2.20. The van der Waals surface area contributed by atoms with E-state index < -0.39 is 0 Å². The van der Waals surface area contributed by atoms with E-state index in [0.717, 1.165) is 29.9 Å². The van der Waals surface area contributed by atoms with E-state index in [4.69, 9.17) is 4.74 Å². The molecule has 6 nitrogen and oxygen atoms in total. The minimum Gasteiger partial charge on any atom is -0.479 e. The third-order valence-corrected chi connectivity index (χ3v) is 3.66. The van der Waals surface area contributed by atoms with Crippen molar-refractivity contribution in [2.75, 3.05) is 13.7 Å². The zero-order valence-electron chi connectivity index (χ0n) is 11.8. The van der Waals surface area contributed by atoms with Gasteiger partial charge < -0.3 is 10.1 Å². The molecule has 3 heterocycles. The van der Waals surface area contributed by atoms with Gasteiger partial charge in [0, 0.05) is 31.9 Å². The summed E-state index contributed by atoms with van der Waals surface area (Å²) >= 11 is 0. The molecule has 0 bridgehead atoms. The van der Waals surface area contributed by atoms with Crippen molar-refractivity contribution in [3.8, 4) is 17.1 Å². The summed E-state index contributed by atoms with van der Waals surface area (Å²) in [4.78, 5) is 0. The van der Waals surface area contributed by atoms with Gasteiger partial charge in [-0.15, -0.1) is 5.10 Å². The average molecular weight is 261 g/mol. The Morgan fingerprint density at radius 2 is 2.16 bits per heavy atom. The van der Waals surface area contributed by atoms with Gasteiger partial charge in [-0.1, -0.05) is 0 Å². The van der Waals surface area contributed by atoms with E-state index in [0.29, 0.717) is 11.9 Å².